The van der Waals surface area contributed by atoms with Crippen LogP contribution in [0.3, 0.4) is 0 Å². The van der Waals surface area contributed by atoms with Gasteiger partial charge in [-0.2, -0.15) is 0 Å². The van der Waals surface area contributed by atoms with Crippen LogP contribution in [0.15, 0.2) is 42.0 Å². The maximum Gasteiger partial charge on any atom is 0.341 e. The van der Waals surface area contributed by atoms with E-state index < -0.39 is 11.6 Å². The second-order valence-electron chi connectivity index (χ2n) is 4.20. The molecule has 1 N–H and O–H groups in total. The molecular weight excluding hydrogens is 329 g/mol. The van der Waals surface area contributed by atoms with Crippen LogP contribution in [-0.2, 0) is 34.5 Å². The Hall–Kier alpha value is -1.12. The second-order valence-corrected chi connectivity index (χ2v) is 4.20. The van der Waals surface area contributed by atoms with Crippen LogP contribution in [-0.4, -0.2) is 18.5 Å². The molecule has 4 heteroatoms. The fourth-order valence-electron chi connectivity index (χ4n) is 1.61. The summed E-state index contributed by atoms with van der Waals surface area (Å²) in [5.41, 5.74) is -0.314. The number of rotatable bonds is 5. The molecule has 0 aliphatic carbocycles. The molecule has 0 radical (unpaired) electrons. The van der Waals surface area contributed by atoms with E-state index in [0.717, 1.165) is 5.57 Å². The summed E-state index contributed by atoms with van der Waals surface area (Å²) in [5.74, 6) is -0.631. The fourth-order valence-corrected chi connectivity index (χ4v) is 1.61. The SMILES string of the molecule is [2H][Ru+].[CH2-]/C(C)=C\CC(O)(C(=O)OCC)c1ccccc1. The van der Waals surface area contributed by atoms with Gasteiger partial charge < -0.3 is 9.84 Å². The van der Waals surface area contributed by atoms with Gasteiger partial charge in [-0.3, -0.25) is 0 Å². The third-order valence-corrected chi connectivity index (χ3v) is 2.61. The van der Waals surface area contributed by atoms with Crippen LogP contribution < -0.4 is 0 Å². The number of hydrogen-bond donors (Lipinski definition) is 1. The van der Waals surface area contributed by atoms with E-state index in [1.165, 1.54) is 0 Å². The standard InChI is InChI=1S/C15H19O3.Ru.H/c1-4-18-14(16)15(17,11-10-12(2)3)13-8-6-5-7-9-13;;/h5-10,17H,2,4,11H2,1,3H3;;/q-1;+1;/b12-10+;;/i;;1+1. The summed E-state index contributed by atoms with van der Waals surface area (Å²) in [5, 5.41) is 10.6. The Morgan fingerprint density at radius 1 is 1.53 bits per heavy atom. The molecule has 1 atom stereocenters. The number of carbonyl (C=O) groups excluding carboxylic acids is 1. The Bertz CT molecular complexity index is 430. The van der Waals surface area contributed by atoms with Crippen LogP contribution >= 0.6 is 0 Å². The van der Waals surface area contributed by atoms with Crippen LogP contribution in [0.1, 0.15) is 25.8 Å². The minimum atomic E-state index is -1.64. The molecule has 0 saturated heterocycles. The molecule has 0 aliphatic rings. The van der Waals surface area contributed by atoms with E-state index >= 15 is 0 Å². The molecule has 106 valence electrons. The molecule has 0 fully saturated rings. The Labute approximate surface area is 128 Å². The van der Waals surface area contributed by atoms with E-state index in [-0.39, 0.29) is 13.0 Å². The predicted molar refractivity (Wildman–Crippen MR) is 72.1 cm³/mol. The van der Waals surface area contributed by atoms with E-state index in [0.29, 0.717) is 5.56 Å². The van der Waals surface area contributed by atoms with Gasteiger partial charge in [0.05, 0.1) is 6.61 Å². The van der Waals surface area contributed by atoms with Crippen molar-refractivity contribution in [1.29, 1.82) is 0.832 Å². The number of hydrogen-bond acceptors (Lipinski definition) is 3. The average Bonchev–Trinajstić information content (AvgIpc) is 2.48. The number of benzene rings is 1. The Morgan fingerprint density at radius 3 is 2.58 bits per heavy atom. The molecular formula is C15H20O3Ru. The van der Waals surface area contributed by atoms with Crippen molar-refractivity contribution in [1.82, 2.24) is 0 Å². The number of aliphatic hydroxyl groups is 1. The molecule has 1 rings (SSSR count). The zero-order valence-corrected chi connectivity index (χ0v) is 12.9. The molecule has 0 bridgehead atoms. The maximum atomic E-state index is 12.0. The summed E-state index contributed by atoms with van der Waals surface area (Å²) in [6.45, 7) is 7.51. The fraction of sp³-hybridized carbons (Fsp3) is 0.333. The van der Waals surface area contributed by atoms with Crippen LogP contribution in [0.25, 0.3) is 0 Å². The van der Waals surface area contributed by atoms with Crippen LogP contribution in [0.4, 0.5) is 0 Å². The first-order chi connectivity index (χ1) is 9.50. The third-order valence-electron chi connectivity index (χ3n) is 2.61. The van der Waals surface area contributed by atoms with Crippen molar-refractivity contribution >= 4 is 5.97 Å². The summed E-state index contributed by atoms with van der Waals surface area (Å²) in [4.78, 5) is 12.0. The van der Waals surface area contributed by atoms with Crippen molar-refractivity contribution in [3.8, 4) is 0 Å². The normalized spacial score (nSPS) is 14.5. The largest absolute Gasteiger partial charge is 0.464 e. The second kappa shape index (κ2) is 8.13. The monoisotopic (exact) mass is 351 g/mol. The summed E-state index contributed by atoms with van der Waals surface area (Å²) >= 11 is 1.60. The number of esters is 1. The molecule has 0 amide bonds. The summed E-state index contributed by atoms with van der Waals surface area (Å²) in [6, 6.07) is 8.81. The van der Waals surface area contributed by atoms with Crippen LogP contribution in [0, 0.1) is 6.92 Å². The average molecular weight is 350 g/mol. The molecule has 1 aromatic rings. The molecule has 0 aliphatic heterocycles. The van der Waals surface area contributed by atoms with E-state index in [9.17, 15) is 9.90 Å². The maximum absolute atomic E-state index is 12.0. The van der Waals surface area contributed by atoms with Crippen molar-refractivity contribution in [2.45, 2.75) is 25.9 Å². The topological polar surface area (TPSA) is 46.5 Å². The van der Waals surface area contributed by atoms with Gasteiger partial charge in [0.15, 0.2) is 5.60 Å². The van der Waals surface area contributed by atoms with Crippen molar-refractivity contribution in [2.75, 3.05) is 6.61 Å². The van der Waals surface area contributed by atoms with Crippen molar-refractivity contribution in [2.24, 2.45) is 0 Å². The van der Waals surface area contributed by atoms with E-state index in [1.54, 1.807) is 56.6 Å². The van der Waals surface area contributed by atoms with Crippen molar-refractivity contribution in [3.05, 3.63) is 54.5 Å². The molecule has 19 heavy (non-hydrogen) atoms. The first-order valence-electron chi connectivity index (χ1n) is 6.30. The smallest absolute Gasteiger partial charge is 0.341 e. The molecule has 0 saturated carbocycles. The van der Waals surface area contributed by atoms with Crippen LogP contribution in [0.5, 0.6) is 0 Å². The summed E-state index contributed by atoms with van der Waals surface area (Å²) in [6.07, 6.45) is 1.88. The Balaban J connectivity index is 0.00000172. The molecule has 1 aromatic carbocycles. The van der Waals surface area contributed by atoms with Gasteiger partial charge >= 0.3 is 26.1 Å². The van der Waals surface area contributed by atoms with Gasteiger partial charge in [0.1, 0.15) is 0 Å². The molecule has 1 unspecified atom stereocenters. The van der Waals surface area contributed by atoms with E-state index in [4.69, 9.17) is 5.57 Å². The number of ether oxygens (including phenoxy) is 1. The summed E-state index contributed by atoms with van der Waals surface area (Å²) < 4.78 is 10.6. The minimum absolute atomic E-state index is 0.158. The van der Waals surface area contributed by atoms with Gasteiger partial charge in [0.25, 0.3) is 0 Å². The molecule has 3 nitrogen and oxygen atoms in total. The Kier molecular flexibility index (Phi) is 6.82. The first-order valence-corrected chi connectivity index (χ1v) is 5.94. The van der Waals surface area contributed by atoms with Crippen LogP contribution in [0.2, 0.25) is 0 Å². The number of allylic oxidation sites excluding steroid dienone is 1. The predicted octanol–water partition coefficient (Wildman–Crippen LogP) is 2.34. The van der Waals surface area contributed by atoms with Crippen molar-refractivity contribution in [3.63, 3.8) is 0 Å². The zero-order valence-electron chi connectivity index (χ0n) is 12.2. The van der Waals surface area contributed by atoms with E-state index in [1.807, 2.05) is 13.0 Å². The Morgan fingerprint density at radius 2 is 2.11 bits per heavy atom. The van der Waals surface area contributed by atoms with Crippen molar-refractivity contribution < 1.29 is 34.0 Å². The van der Waals surface area contributed by atoms with Gasteiger partial charge in [0.2, 0.25) is 0 Å². The molecule has 0 aromatic heterocycles. The van der Waals surface area contributed by atoms with Gasteiger partial charge in [-0.1, -0.05) is 43.7 Å². The van der Waals surface area contributed by atoms with Gasteiger partial charge in [-0.15, -0.1) is 0 Å². The quantitative estimate of drug-likeness (QED) is 0.504. The van der Waals surface area contributed by atoms with Gasteiger partial charge in [0, 0.05) is 0 Å². The summed E-state index contributed by atoms with van der Waals surface area (Å²) in [7, 11) is 0. The van der Waals surface area contributed by atoms with Gasteiger partial charge in [-0.05, 0) is 12.5 Å². The first kappa shape index (κ1) is 15.9. The number of carbonyl (C=O) groups is 1. The molecule has 0 heterocycles. The van der Waals surface area contributed by atoms with Gasteiger partial charge in [-0.25, -0.2) is 23.4 Å². The minimum Gasteiger partial charge on any atom is -0.464 e. The molecule has 0 spiro atoms. The zero-order chi connectivity index (χ0) is 15.6. The van der Waals surface area contributed by atoms with E-state index in [2.05, 4.69) is 6.92 Å². The third kappa shape index (κ3) is 4.81.